The number of rotatable bonds is 5. The normalized spacial score (nSPS) is 11.8. The second-order valence-electron chi connectivity index (χ2n) is 6.21. The van der Waals surface area contributed by atoms with Gasteiger partial charge in [0.15, 0.2) is 5.78 Å². The van der Waals surface area contributed by atoms with Gasteiger partial charge in [-0.3, -0.25) is 9.59 Å². The summed E-state index contributed by atoms with van der Waals surface area (Å²) in [4.78, 5) is 36.0. The number of nitrogens with zero attached hydrogens (tertiary/aromatic N) is 2. The van der Waals surface area contributed by atoms with Gasteiger partial charge in [-0.2, -0.15) is 0 Å². The van der Waals surface area contributed by atoms with Crippen molar-refractivity contribution in [3.05, 3.63) is 93.7 Å². The first kappa shape index (κ1) is 19.1. The molecule has 0 radical (unpaired) electrons. The molecule has 0 spiro atoms. The lowest BCUT2D eigenvalue weighted by atomic mass is 9.92. The second kappa shape index (κ2) is 8.35. The lowest BCUT2D eigenvalue weighted by Crippen LogP contribution is -2.20. The molecule has 0 atom stereocenters. The van der Waals surface area contributed by atoms with Crippen molar-refractivity contribution in [1.82, 2.24) is 15.0 Å². The second-order valence-corrected chi connectivity index (χ2v) is 6.21. The van der Waals surface area contributed by atoms with Crippen LogP contribution in [0.1, 0.15) is 34.1 Å². The fourth-order valence-electron chi connectivity index (χ4n) is 2.91. The third-order valence-electron chi connectivity index (χ3n) is 4.11. The maximum absolute atomic E-state index is 13.7. The van der Waals surface area contributed by atoms with Gasteiger partial charge in [-0.25, -0.2) is 14.4 Å². The van der Waals surface area contributed by atoms with Crippen molar-refractivity contribution in [2.24, 2.45) is 0 Å². The highest BCUT2D eigenvalue weighted by molar-refractivity contribution is 6.11. The maximum Gasteiger partial charge on any atom is 0.260 e. The van der Waals surface area contributed by atoms with Crippen molar-refractivity contribution in [3.8, 4) is 11.1 Å². The number of nitrogens with one attached hydrogen (secondary N) is 1. The first-order valence-corrected chi connectivity index (χ1v) is 8.61. The van der Waals surface area contributed by atoms with Crippen molar-refractivity contribution in [2.45, 2.75) is 13.8 Å². The van der Waals surface area contributed by atoms with Gasteiger partial charge in [-0.05, 0) is 37.6 Å². The van der Waals surface area contributed by atoms with Crippen LogP contribution in [0.2, 0.25) is 0 Å². The number of H-pyrrole nitrogens is 1. The minimum atomic E-state index is -0.524. The van der Waals surface area contributed by atoms with E-state index < -0.39 is 17.2 Å². The Morgan fingerprint density at radius 2 is 1.82 bits per heavy atom. The molecule has 6 heteroatoms. The number of allylic oxidation sites excluding steroid dienone is 2. The van der Waals surface area contributed by atoms with Gasteiger partial charge in [-0.15, -0.1) is 0 Å². The highest BCUT2D eigenvalue weighted by Crippen LogP contribution is 2.30. The first-order chi connectivity index (χ1) is 13.5. The van der Waals surface area contributed by atoms with Crippen molar-refractivity contribution >= 4 is 17.9 Å². The van der Waals surface area contributed by atoms with Crippen LogP contribution in [0.4, 0.5) is 4.39 Å². The number of carbonyl (C=O) groups excluding carboxylic acids is 1. The molecule has 0 amide bonds. The van der Waals surface area contributed by atoms with Gasteiger partial charge in [0.25, 0.3) is 5.56 Å². The topological polar surface area (TPSA) is 75.7 Å². The summed E-state index contributed by atoms with van der Waals surface area (Å²) in [6.07, 6.45) is 8.63. The first-order valence-electron chi connectivity index (χ1n) is 8.61. The summed E-state index contributed by atoms with van der Waals surface area (Å²) in [5.41, 5.74) is 2.06. The molecule has 1 N–H and O–H groups in total. The molecule has 28 heavy (non-hydrogen) atoms. The predicted octanol–water partition coefficient (Wildman–Crippen LogP) is 4.37. The fraction of sp³-hybridized carbons (Fsp3) is 0.0909. The molecular weight excluding hydrogens is 357 g/mol. The van der Waals surface area contributed by atoms with Crippen molar-refractivity contribution in [1.29, 1.82) is 0 Å². The van der Waals surface area contributed by atoms with E-state index in [9.17, 15) is 14.0 Å². The zero-order chi connectivity index (χ0) is 20.1. The molecule has 140 valence electrons. The molecule has 3 aromatic rings. The van der Waals surface area contributed by atoms with Gasteiger partial charge >= 0.3 is 0 Å². The van der Waals surface area contributed by atoms with E-state index in [1.165, 1.54) is 31.5 Å². The van der Waals surface area contributed by atoms with Crippen LogP contribution in [-0.2, 0) is 0 Å². The molecule has 0 unspecified atom stereocenters. The maximum atomic E-state index is 13.7. The summed E-state index contributed by atoms with van der Waals surface area (Å²) >= 11 is 0. The van der Waals surface area contributed by atoms with Crippen LogP contribution < -0.4 is 5.56 Å². The van der Waals surface area contributed by atoms with Crippen LogP contribution in [0.5, 0.6) is 0 Å². The standard InChI is InChI=1S/C22H18FN3O2/c1-14(23)10-18-15(2)26-22(28)21(20(18)17-6-4-3-5-7-17)19(27)9-8-16-11-24-13-25-12-16/h3-13H,1-2H3,(H,26,28)/b9-8+,14-10+. The summed E-state index contributed by atoms with van der Waals surface area (Å²) in [5, 5.41) is 0. The van der Waals surface area contributed by atoms with Crippen LogP contribution in [-0.4, -0.2) is 20.7 Å². The predicted molar refractivity (Wildman–Crippen MR) is 107 cm³/mol. The van der Waals surface area contributed by atoms with Crippen LogP contribution in [0.25, 0.3) is 23.3 Å². The summed E-state index contributed by atoms with van der Waals surface area (Å²) < 4.78 is 13.7. The molecule has 0 aliphatic carbocycles. The molecular formula is C22H18FN3O2. The largest absolute Gasteiger partial charge is 0.325 e. The molecule has 0 fully saturated rings. The van der Waals surface area contributed by atoms with Crippen molar-refractivity contribution in [2.75, 3.05) is 0 Å². The molecule has 5 nitrogen and oxygen atoms in total. The number of pyridine rings is 1. The Morgan fingerprint density at radius 1 is 1.14 bits per heavy atom. The van der Waals surface area contributed by atoms with Gasteiger partial charge in [0.1, 0.15) is 6.33 Å². The number of benzene rings is 1. The number of halogens is 1. The van der Waals surface area contributed by atoms with Gasteiger partial charge < -0.3 is 4.98 Å². The van der Waals surface area contributed by atoms with Gasteiger partial charge in [0.05, 0.1) is 11.4 Å². The highest BCUT2D eigenvalue weighted by Gasteiger charge is 2.20. The number of ketones is 1. The van der Waals surface area contributed by atoms with E-state index in [-0.39, 0.29) is 5.56 Å². The number of hydrogen-bond donors (Lipinski definition) is 1. The van der Waals surface area contributed by atoms with Crippen molar-refractivity contribution < 1.29 is 9.18 Å². The van der Waals surface area contributed by atoms with E-state index in [0.717, 1.165) is 0 Å². The lowest BCUT2D eigenvalue weighted by molar-refractivity contribution is 0.104. The average Bonchev–Trinajstić information content (AvgIpc) is 2.69. The Labute approximate surface area is 161 Å². The Balaban J connectivity index is 2.23. The monoisotopic (exact) mass is 375 g/mol. The zero-order valence-electron chi connectivity index (χ0n) is 15.4. The quantitative estimate of drug-likeness (QED) is 0.531. The van der Waals surface area contributed by atoms with E-state index in [0.29, 0.717) is 27.9 Å². The number of aromatic amines is 1. The number of hydrogen-bond acceptors (Lipinski definition) is 4. The van der Waals surface area contributed by atoms with Crippen LogP contribution in [0.15, 0.2) is 65.8 Å². The molecule has 2 heterocycles. The smallest absolute Gasteiger partial charge is 0.260 e. The average molecular weight is 375 g/mol. The number of aryl methyl sites for hydroxylation is 1. The summed E-state index contributed by atoms with van der Waals surface area (Å²) in [7, 11) is 0. The zero-order valence-corrected chi connectivity index (χ0v) is 15.4. The van der Waals surface area contributed by atoms with E-state index >= 15 is 0 Å². The third-order valence-corrected chi connectivity index (χ3v) is 4.11. The highest BCUT2D eigenvalue weighted by atomic mass is 19.1. The molecule has 0 saturated carbocycles. The van der Waals surface area contributed by atoms with Crippen LogP contribution in [0.3, 0.4) is 0 Å². The molecule has 3 rings (SSSR count). The molecule has 0 aliphatic rings. The summed E-state index contributed by atoms with van der Waals surface area (Å²) in [6.45, 7) is 2.99. The minimum absolute atomic E-state index is 0.0441. The van der Waals surface area contributed by atoms with E-state index in [2.05, 4.69) is 15.0 Å². The van der Waals surface area contributed by atoms with E-state index in [4.69, 9.17) is 0 Å². The van der Waals surface area contributed by atoms with Crippen LogP contribution >= 0.6 is 0 Å². The molecule has 0 saturated heterocycles. The SMILES string of the molecule is C/C(F)=C\c1c(C)[nH]c(=O)c(C(=O)/C=C/c2cncnc2)c1-c1ccccc1. The molecule has 1 aromatic carbocycles. The Morgan fingerprint density at radius 3 is 2.46 bits per heavy atom. The Kier molecular flexibility index (Phi) is 5.69. The summed E-state index contributed by atoms with van der Waals surface area (Å²) in [5.74, 6) is -0.919. The van der Waals surface area contributed by atoms with Crippen LogP contribution in [0, 0.1) is 6.92 Å². The van der Waals surface area contributed by atoms with E-state index in [1.807, 2.05) is 6.07 Å². The van der Waals surface area contributed by atoms with E-state index in [1.54, 1.807) is 43.6 Å². The minimum Gasteiger partial charge on any atom is -0.325 e. The van der Waals surface area contributed by atoms with Crippen molar-refractivity contribution in [3.63, 3.8) is 0 Å². The van der Waals surface area contributed by atoms with Gasteiger partial charge in [0.2, 0.25) is 0 Å². The molecule has 2 aromatic heterocycles. The van der Waals surface area contributed by atoms with Gasteiger partial charge in [0, 0.05) is 34.8 Å². The summed E-state index contributed by atoms with van der Waals surface area (Å²) in [6, 6.07) is 8.99. The number of carbonyl (C=O) groups is 1. The van der Waals surface area contributed by atoms with Gasteiger partial charge in [-0.1, -0.05) is 30.3 Å². The lowest BCUT2D eigenvalue weighted by Gasteiger charge is -2.13. The molecule has 0 aliphatic heterocycles. The number of aromatic nitrogens is 3. The molecule has 0 bridgehead atoms. The Hall–Kier alpha value is -3.67. The third kappa shape index (κ3) is 4.17. The fourth-order valence-corrected chi connectivity index (χ4v) is 2.91. The Bertz CT molecular complexity index is 1110.